The van der Waals surface area contributed by atoms with Crippen LogP contribution in [0.15, 0.2) is 29.7 Å². The van der Waals surface area contributed by atoms with Gasteiger partial charge in [0.05, 0.1) is 17.5 Å². The lowest BCUT2D eigenvalue weighted by atomic mass is 9.85. The van der Waals surface area contributed by atoms with Crippen LogP contribution in [0.1, 0.15) is 36.0 Å². The molecule has 6 nitrogen and oxygen atoms in total. The van der Waals surface area contributed by atoms with Crippen molar-refractivity contribution in [2.45, 2.75) is 40.0 Å². The summed E-state index contributed by atoms with van der Waals surface area (Å²) < 4.78 is 0. The number of hydrogen-bond acceptors (Lipinski definition) is 5. The molecule has 0 bridgehead atoms. The van der Waals surface area contributed by atoms with Gasteiger partial charge in [0.25, 0.3) is 0 Å². The number of nitrogens with zero attached hydrogens (tertiary/aromatic N) is 2. The van der Waals surface area contributed by atoms with Crippen LogP contribution in [0.5, 0.6) is 0 Å². The van der Waals surface area contributed by atoms with E-state index in [2.05, 4.69) is 43.2 Å². The summed E-state index contributed by atoms with van der Waals surface area (Å²) in [6.45, 7) is 6.32. The summed E-state index contributed by atoms with van der Waals surface area (Å²) in [5.41, 5.74) is 5.46. The molecule has 1 aromatic heterocycles. The van der Waals surface area contributed by atoms with Gasteiger partial charge >= 0.3 is 0 Å². The number of allylic oxidation sites excluding steroid dienone is 2. The second-order valence-electron chi connectivity index (χ2n) is 8.07. The molecule has 3 amide bonds. The number of amides is 3. The van der Waals surface area contributed by atoms with E-state index in [0.717, 1.165) is 16.8 Å². The van der Waals surface area contributed by atoms with Gasteiger partial charge in [-0.1, -0.05) is 18.2 Å². The van der Waals surface area contributed by atoms with Gasteiger partial charge in [-0.25, -0.2) is 4.98 Å². The van der Waals surface area contributed by atoms with E-state index in [4.69, 9.17) is 0 Å². The van der Waals surface area contributed by atoms with Gasteiger partial charge in [0, 0.05) is 23.9 Å². The fraction of sp³-hybridized carbons (Fsp3) is 0.391. The third-order valence-electron chi connectivity index (χ3n) is 6.03. The predicted octanol–water partition coefficient (Wildman–Crippen LogP) is 4.02. The third kappa shape index (κ3) is 3.81. The van der Waals surface area contributed by atoms with Crippen LogP contribution in [0.2, 0.25) is 0 Å². The van der Waals surface area contributed by atoms with Crippen molar-refractivity contribution in [2.24, 2.45) is 11.8 Å². The first-order valence-corrected chi connectivity index (χ1v) is 11.1. The maximum absolute atomic E-state index is 12.5. The Morgan fingerprint density at radius 1 is 1.07 bits per heavy atom. The van der Waals surface area contributed by atoms with E-state index in [1.165, 1.54) is 27.4 Å². The largest absolute Gasteiger partial charge is 0.302 e. The molecule has 1 aromatic carbocycles. The van der Waals surface area contributed by atoms with Crippen molar-refractivity contribution < 1.29 is 14.4 Å². The summed E-state index contributed by atoms with van der Waals surface area (Å²) in [5.74, 6) is -1.06. The van der Waals surface area contributed by atoms with Gasteiger partial charge in [-0.05, 0) is 56.4 Å². The summed E-state index contributed by atoms with van der Waals surface area (Å²) >= 11 is 1.37. The Kier molecular flexibility index (Phi) is 5.56. The molecule has 2 aromatic rings. The molecule has 2 aliphatic rings. The van der Waals surface area contributed by atoms with Crippen molar-refractivity contribution in [3.8, 4) is 11.3 Å². The zero-order valence-electron chi connectivity index (χ0n) is 17.4. The molecule has 156 valence electrons. The van der Waals surface area contributed by atoms with E-state index in [9.17, 15) is 14.4 Å². The normalized spacial score (nSPS) is 20.6. The maximum atomic E-state index is 12.5. The molecular weight excluding hydrogens is 398 g/mol. The van der Waals surface area contributed by atoms with Crippen LogP contribution in [0.3, 0.4) is 0 Å². The minimum atomic E-state index is -0.256. The minimum absolute atomic E-state index is 0.0714. The zero-order valence-corrected chi connectivity index (χ0v) is 18.2. The average molecular weight is 424 g/mol. The lowest BCUT2D eigenvalue weighted by molar-refractivity contribution is -0.140. The third-order valence-corrected chi connectivity index (χ3v) is 6.79. The number of likely N-dealkylation sites (tertiary alicyclic amines) is 1. The van der Waals surface area contributed by atoms with Crippen molar-refractivity contribution in [3.63, 3.8) is 0 Å². The lowest BCUT2D eigenvalue weighted by Gasteiger charge is -2.14. The Labute approximate surface area is 180 Å². The minimum Gasteiger partial charge on any atom is -0.302 e. The molecule has 30 heavy (non-hydrogen) atoms. The number of carbonyl (C=O) groups is 3. The number of thiazole rings is 1. The van der Waals surface area contributed by atoms with Crippen molar-refractivity contribution in [2.75, 3.05) is 11.9 Å². The number of benzene rings is 1. The van der Waals surface area contributed by atoms with Gasteiger partial charge < -0.3 is 5.32 Å². The molecule has 7 heteroatoms. The number of rotatable bonds is 5. The zero-order chi connectivity index (χ0) is 21.4. The van der Waals surface area contributed by atoms with Crippen molar-refractivity contribution in [1.29, 1.82) is 0 Å². The first kappa shape index (κ1) is 20.5. The highest BCUT2D eigenvalue weighted by Gasteiger charge is 2.46. The number of fused-ring (bicyclic) bond motifs is 1. The number of carbonyl (C=O) groups excluding carboxylic acids is 3. The fourth-order valence-corrected chi connectivity index (χ4v) is 4.90. The molecule has 2 heterocycles. The monoisotopic (exact) mass is 423 g/mol. The van der Waals surface area contributed by atoms with Gasteiger partial charge in [0.2, 0.25) is 17.7 Å². The van der Waals surface area contributed by atoms with E-state index in [0.29, 0.717) is 18.0 Å². The number of nitrogens with one attached hydrogen (secondary N) is 1. The Balaban J connectivity index is 1.37. The van der Waals surface area contributed by atoms with Gasteiger partial charge in [-0.3, -0.25) is 19.3 Å². The molecule has 1 fully saturated rings. The Morgan fingerprint density at radius 2 is 1.70 bits per heavy atom. The van der Waals surface area contributed by atoms with Crippen molar-refractivity contribution >= 4 is 34.2 Å². The summed E-state index contributed by atoms with van der Waals surface area (Å²) in [6, 6.07) is 4.25. The van der Waals surface area contributed by atoms with Gasteiger partial charge in [-0.15, -0.1) is 11.3 Å². The lowest BCUT2D eigenvalue weighted by Crippen LogP contribution is -2.34. The van der Waals surface area contributed by atoms with Crippen LogP contribution >= 0.6 is 11.3 Å². The smallest absolute Gasteiger partial charge is 0.233 e. The molecule has 0 radical (unpaired) electrons. The van der Waals surface area contributed by atoms with E-state index in [1.807, 2.05) is 17.5 Å². The van der Waals surface area contributed by atoms with E-state index >= 15 is 0 Å². The Hall–Kier alpha value is -2.80. The second kappa shape index (κ2) is 8.14. The average Bonchev–Trinajstić information content (AvgIpc) is 3.27. The van der Waals surface area contributed by atoms with Gasteiger partial charge in [0.15, 0.2) is 5.13 Å². The molecule has 1 N–H and O–H groups in total. The summed E-state index contributed by atoms with van der Waals surface area (Å²) in [6.07, 6.45) is 5.21. The first-order valence-electron chi connectivity index (χ1n) is 10.2. The highest BCUT2D eigenvalue weighted by atomic mass is 32.1. The van der Waals surface area contributed by atoms with Gasteiger partial charge in [0.1, 0.15) is 0 Å². The molecule has 1 saturated heterocycles. The first-order chi connectivity index (χ1) is 14.3. The SMILES string of the molecule is Cc1cc(C)c(-c2csc(NC(=O)CCN3C(=O)[C@@H]4CC=CC[C@H]4C3=O)n2)cc1C. The molecule has 0 spiro atoms. The Morgan fingerprint density at radius 3 is 2.37 bits per heavy atom. The van der Waals surface area contributed by atoms with E-state index < -0.39 is 0 Å². The standard InChI is InChI=1S/C23H25N3O3S/c1-13-10-15(3)18(11-14(13)2)19-12-30-23(24-19)25-20(27)8-9-26-21(28)16-6-4-5-7-17(16)22(26)29/h4-5,10-12,16-17H,6-9H2,1-3H3,(H,24,25,27)/t16-,17-/m1/s1. The molecule has 0 unspecified atom stereocenters. The Bertz CT molecular complexity index is 1030. The molecule has 1 aliphatic carbocycles. The van der Waals surface area contributed by atoms with Crippen LogP contribution in [-0.2, 0) is 14.4 Å². The number of hydrogen-bond donors (Lipinski definition) is 1. The summed E-state index contributed by atoms with van der Waals surface area (Å²) in [4.78, 5) is 43.2. The fourth-order valence-electron chi connectivity index (χ4n) is 4.18. The van der Waals surface area contributed by atoms with Crippen LogP contribution in [-0.4, -0.2) is 34.2 Å². The van der Waals surface area contributed by atoms with Crippen molar-refractivity contribution in [1.82, 2.24) is 9.88 Å². The molecule has 0 saturated carbocycles. The van der Waals surface area contributed by atoms with Gasteiger partial charge in [-0.2, -0.15) is 0 Å². The predicted molar refractivity (Wildman–Crippen MR) is 117 cm³/mol. The van der Waals surface area contributed by atoms with Crippen molar-refractivity contribution in [3.05, 3.63) is 46.4 Å². The molecule has 2 atom stereocenters. The molecule has 4 rings (SSSR count). The summed E-state index contributed by atoms with van der Waals surface area (Å²) in [5, 5.41) is 5.25. The number of imide groups is 1. The number of aryl methyl sites for hydroxylation is 3. The highest BCUT2D eigenvalue weighted by Crippen LogP contribution is 2.35. The van der Waals surface area contributed by atoms with E-state index in [-0.39, 0.29) is 42.5 Å². The molecular formula is C23H25N3O3S. The summed E-state index contributed by atoms with van der Waals surface area (Å²) in [7, 11) is 0. The topological polar surface area (TPSA) is 79.4 Å². The van der Waals surface area contributed by atoms with Crippen LogP contribution in [0.4, 0.5) is 5.13 Å². The van der Waals surface area contributed by atoms with Crippen LogP contribution < -0.4 is 5.32 Å². The second-order valence-corrected chi connectivity index (χ2v) is 8.93. The van der Waals surface area contributed by atoms with Crippen LogP contribution in [0, 0.1) is 32.6 Å². The highest BCUT2D eigenvalue weighted by molar-refractivity contribution is 7.14. The maximum Gasteiger partial charge on any atom is 0.233 e. The number of anilines is 1. The van der Waals surface area contributed by atoms with Crippen LogP contribution in [0.25, 0.3) is 11.3 Å². The van der Waals surface area contributed by atoms with E-state index in [1.54, 1.807) is 0 Å². The molecule has 1 aliphatic heterocycles. The quantitative estimate of drug-likeness (QED) is 0.582. The number of aromatic nitrogens is 1.